The second kappa shape index (κ2) is 11.9. The van der Waals surface area contributed by atoms with Crippen LogP contribution < -0.4 is 11.2 Å². The van der Waals surface area contributed by atoms with Gasteiger partial charge in [-0.3, -0.25) is 13.9 Å². The van der Waals surface area contributed by atoms with Crippen LogP contribution in [0.5, 0.6) is 0 Å². The van der Waals surface area contributed by atoms with Crippen LogP contribution in [0.4, 0.5) is 0 Å². The molecule has 0 saturated heterocycles. The number of rotatable bonds is 12. The van der Waals surface area contributed by atoms with Gasteiger partial charge in [0.1, 0.15) is 11.3 Å². The summed E-state index contributed by atoms with van der Waals surface area (Å²) in [5, 5.41) is 0. The van der Waals surface area contributed by atoms with E-state index >= 15 is 0 Å². The van der Waals surface area contributed by atoms with Crippen molar-refractivity contribution in [2.45, 2.75) is 45.2 Å². The van der Waals surface area contributed by atoms with E-state index in [0.29, 0.717) is 55.6 Å². The van der Waals surface area contributed by atoms with Gasteiger partial charge >= 0.3 is 5.69 Å². The number of unbranched alkanes of at least 4 members (excludes halogenated alkanes) is 2. The normalized spacial score (nSPS) is 12.3. The van der Waals surface area contributed by atoms with Gasteiger partial charge < -0.3 is 13.7 Å². The van der Waals surface area contributed by atoms with Crippen molar-refractivity contribution in [1.29, 1.82) is 0 Å². The molecule has 1 unspecified atom stereocenters. The number of hydrogen-bond donors (Lipinski definition) is 1. The van der Waals surface area contributed by atoms with Gasteiger partial charge in [-0.25, -0.2) is 14.0 Å². The minimum absolute atomic E-state index is 0.0781. The molecule has 184 valence electrons. The maximum absolute atomic E-state index is 13.4. The van der Waals surface area contributed by atoms with Crippen LogP contribution in [0.15, 0.2) is 70.3 Å². The molecule has 9 nitrogen and oxygen atoms in total. The Morgan fingerprint density at radius 3 is 2.26 bits per heavy atom. The molecular formula is C25H27N4O5S-. The summed E-state index contributed by atoms with van der Waals surface area (Å²) in [4.78, 5) is 34.4. The molecule has 0 aliphatic carbocycles. The van der Waals surface area contributed by atoms with Crippen LogP contribution in [0, 0.1) is 0 Å². The fourth-order valence-corrected chi connectivity index (χ4v) is 4.30. The van der Waals surface area contributed by atoms with Crippen molar-refractivity contribution in [3.05, 3.63) is 98.5 Å². The molecule has 2 heterocycles. The zero-order valence-electron chi connectivity index (χ0n) is 19.2. The first-order valence-electron chi connectivity index (χ1n) is 11.6. The number of hydrogen-bond acceptors (Lipinski definition) is 6. The lowest BCUT2D eigenvalue weighted by molar-refractivity contribution is 0.290. The van der Waals surface area contributed by atoms with Gasteiger partial charge in [-0.15, -0.1) is 0 Å². The number of H-pyrrole nitrogens is 1. The number of imidazole rings is 1. The number of nitrogens with one attached hydrogen (secondary N) is 1. The average molecular weight is 496 g/mol. The first kappa shape index (κ1) is 24.8. The summed E-state index contributed by atoms with van der Waals surface area (Å²) in [6.07, 6.45) is 2.81. The van der Waals surface area contributed by atoms with Gasteiger partial charge in [0.2, 0.25) is 0 Å². The van der Waals surface area contributed by atoms with E-state index in [2.05, 4.69) is 14.2 Å². The quantitative estimate of drug-likeness (QED) is 0.238. The molecule has 1 N–H and O–H groups in total. The van der Waals surface area contributed by atoms with Crippen LogP contribution in [-0.4, -0.2) is 34.5 Å². The zero-order valence-corrected chi connectivity index (χ0v) is 20.0. The molecule has 0 bridgehead atoms. The Balaban J connectivity index is 1.62. The summed E-state index contributed by atoms with van der Waals surface area (Å²) in [5.41, 5.74) is 2.02. The molecule has 0 aliphatic heterocycles. The van der Waals surface area contributed by atoms with Crippen LogP contribution in [0.1, 0.15) is 36.2 Å². The molecule has 4 aromatic rings. The Labute approximate surface area is 204 Å². The molecule has 10 heteroatoms. The minimum Gasteiger partial charge on any atom is -0.750 e. The van der Waals surface area contributed by atoms with E-state index < -0.39 is 22.6 Å². The van der Waals surface area contributed by atoms with E-state index in [4.69, 9.17) is 0 Å². The number of aryl methyl sites for hydroxylation is 2. The van der Waals surface area contributed by atoms with Crippen LogP contribution in [0.3, 0.4) is 0 Å². The summed E-state index contributed by atoms with van der Waals surface area (Å²) < 4.78 is 28.3. The van der Waals surface area contributed by atoms with E-state index in [-0.39, 0.29) is 13.2 Å². The standard InChI is InChI=1S/C25H28N4O5S/c30-24-22-23(27-21(26-22)18-20-12-6-2-7-13-20)28(16-14-19-10-4-1-5-11-19)25(31)29(24)15-8-3-9-17-34-35(32)33/h1-2,4-7,10-13H,3,8-9,14-18H2,(H,26,27)(H,32,33)/p-1. The fraction of sp³-hybridized carbons (Fsp3) is 0.320. The van der Waals surface area contributed by atoms with Gasteiger partial charge in [0, 0.05) is 19.5 Å². The molecule has 4 rings (SSSR count). The molecule has 0 radical (unpaired) electrons. The first-order valence-corrected chi connectivity index (χ1v) is 12.6. The molecule has 2 aromatic heterocycles. The zero-order chi connectivity index (χ0) is 24.6. The third-order valence-electron chi connectivity index (χ3n) is 5.80. The molecule has 0 saturated carbocycles. The summed E-state index contributed by atoms with van der Waals surface area (Å²) in [7, 11) is 0. The second-order valence-corrected chi connectivity index (χ2v) is 8.90. The summed E-state index contributed by atoms with van der Waals surface area (Å²) in [6, 6.07) is 19.6. The fourth-order valence-electron chi connectivity index (χ4n) is 4.05. The first-order chi connectivity index (χ1) is 17.0. The largest absolute Gasteiger partial charge is 0.750 e. The van der Waals surface area contributed by atoms with Crippen LogP contribution in [-0.2, 0) is 41.5 Å². The lowest BCUT2D eigenvalue weighted by Gasteiger charge is -2.11. The smallest absolute Gasteiger partial charge is 0.332 e. The maximum Gasteiger partial charge on any atom is 0.332 e. The highest BCUT2D eigenvalue weighted by atomic mass is 32.2. The second-order valence-electron chi connectivity index (χ2n) is 8.26. The van der Waals surface area contributed by atoms with Crippen molar-refractivity contribution in [3.63, 3.8) is 0 Å². The highest BCUT2D eigenvalue weighted by Crippen LogP contribution is 2.12. The number of nitrogens with zero attached hydrogens (tertiary/aromatic N) is 3. The molecule has 35 heavy (non-hydrogen) atoms. The van der Waals surface area contributed by atoms with Crippen molar-refractivity contribution in [2.24, 2.45) is 0 Å². The SMILES string of the molecule is O=c1c2[nH]c(Cc3ccccc3)nc2n(CCc2ccccc2)c(=O)n1CCCCCOS(=O)[O-]. The van der Waals surface area contributed by atoms with Crippen LogP contribution >= 0.6 is 0 Å². The predicted molar refractivity (Wildman–Crippen MR) is 133 cm³/mol. The lowest BCUT2D eigenvalue weighted by atomic mass is 10.1. The van der Waals surface area contributed by atoms with Gasteiger partial charge in [0.05, 0.1) is 18.0 Å². The Morgan fingerprint density at radius 2 is 1.57 bits per heavy atom. The Kier molecular flexibility index (Phi) is 8.40. The molecule has 0 fully saturated rings. The molecule has 0 aliphatic rings. The van der Waals surface area contributed by atoms with Crippen molar-refractivity contribution in [3.8, 4) is 0 Å². The van der Waals surface area contributed by atoms with E-state index in [1.165, 1.54) is 4.57 Å². The van der Waals surface area contributed by atoms with Crippen molar-refractivity contribution >= 4 is 22.5 Å². The van der Waals surface area contributed by atoms with Crippen molar-refractivity contribution in [1.82, 2.24) is 19.1 Å². The van der Waals surface area contributed by atoms with E-state index in [1.807, 2.05) is 60.7 Å². The number of fused-ring (bicyclic) bond motifs is 1. The summed E-state index contributed by atoms with van der Waals surface area (Å²) in [5.74, 6) is 0.622. The Morgan fingerprint density at radius 1 is 0.886 bits per heavy atom. The van der Waals surface area contributed by atoms with Crippen molar-refractivity contribution < 1.29 is 12.9 Å². The molecule has 2 aromatic carbocycles. The third kappa shape index (κ3) is 6.41. The average Bonchev–Trinajstić information content (AvgIpc) is 3.27. The van der Waals surface area contributed by atoms with Gasteiger partial charge in [-0.2, -0.15) is 0 Å². The highest BCUT2D eigenvalue weighted by molar-refractivity contribution is 7.74. The molecular weight excluding hydrogens is 468 g/mol. The van der Waals surface area contributed by atoms with Gasteiger partial charge in [-0.05, 0) is 36.8 Å². The minimum atomic E-state index is -2.53. The van der Waals surface area contributed by atoms with Crippen molar-refractivity contribution in [2.75, 3.05) is 6.61 Å². The predicted octanol–water partition coefficient (Wildman–Crippen LogP) is 2.70. The monoisotopic (exact) mass is 495 g/mol. The van der Waals surface area contributed by atoms with Gasteiger partial charge in [0.25, 0.3) is 5.56 Å². The van der Waals surface area contributed by atoms with E-state index in [0.717, 1.165) is 11.1 Å². The highest BCUT2D eigenvalue weighted by Gasteiger charge is 2.17. The van der Waals surface area contributed by atoms with E-state index in [1.54, 1.807) is 4.57 Å². The molecule has 0 amide bonds. The topological polar surface area (TPSA) is 122 Å². The Hall–Kier alpha value is -3.34. The van der Waals surface area contributed by atoms with Crippen LogP contribution in [0.25, 0.3) is 11.2 Å². The summed E-state index contributed by atoms with van der Waals surface area (Å²) >= 11 is -2.53. The Bertz CT molecular complexity index is 1400. The molecule has 0 spiro atoms. The number of aromatic nitrogens is 4. The summed E-state index contributed by atoms with van der Waals surface area (Å²) in [6.45, 7) is 0.694. The van der Waals surface area contributed by atoms with Crippen LogP contribution in [0.2, 0.25) is 0 Å². The number of aromatic amines is 1. The number of benzene rings is 2. The van der Waals surface area contributed by atoms with Gasteiger partial charge in [0.15, 0.2) is 5.65 Å². The third-order valence-corrected chi connectivity index (χ3v) is 6.16. The van der Waals surface area contributed by atoms with Gasteiger partial charge in [-0.1, -0.05) is 60.7 Å². The molecule has 1 atom stereocenters. The maximum atomic E-state index is 13.4. The lowest BCUT2D eigenvalue weighted by Crippen LogP contribution is -2.40. The van der Waals surface area contributed by atoms with E-state index in [9.17, 15) is 18.4 Å².